The summed E-state index contributed by atoms with van der Waals surface area (Å²) in [6.07, 6.45) is 6.34. The number of fused-ring (bicyclic) bond motifs is 1. The molecule has 2 aromatic rings. The quantitative estimate of drug-likeness (QED) is 0.320. The van der Waals surface area contributed by atoms with E-state index < -0.39 is 5.92 Å². The summed E-state index contributed by atoms with van der Waals surface area (Å²) in [5.41, 5.74) is 1.44. The summed E-state index contributed by atoms with van der Waals surface area (Å²) in [5, 5.41) is 4.73. The monoisotopic (exact) mass is 531 g/mol. The van der Waals surface area contributed by atoms with E-state index in [9.17, 15) is 14.4 Å². The minimum Gasteiger partial charge on any atom is -0.353 e. The van der Waals surface area contributed by atoms with Crippen molar-refractivity contribution in [3.63, 3.8) is 0 Å². The average molecular weight is 532 g/mol. The fourth-order valence-electron chi connectivity index (χ4n) is 4.94. The molecule has 6 nitrogen and oxygen atoms in total. The summed E-state index contributed by atoms with van der Waals surface area (Å²) in [4.78, 5) is 45.2. The number of carbonyl (C=O) groups excluding carboxylic acids is 3. The number of hydrogen-bond acceptors (Lipinski definition) is 6. The Bertz CT molecular complexity index is 1090. The van der Waals surface area contributed by atoms with E-state index in [0.29, 0.717) is 48.7 Å². The lowest BCUT2D eigenvalue weighted by molar-refractivity contribution is -0.130. The summed E-state index contributed by atoms with van der Waals surface area (Å²) in [6, 6.07) is 5.48. The van der Waals surface area contributed by atoms with Crippen LogP contribution in [0.5, 0.6) is 0 Å². The van der Waals surface area contributed by atoms with Gasteiger partial charge in [0.2, 0.25) is 5.91 Å². The Morgan fingerprint density at radius 2 is 1.97 bits per heavy atom. The van der Waals surface area contributed by atoms with Gasteiger partial charge in [0.25, 0.3) is 0 Å². The minimum absolute atomic E-state index is 0.0480. The van der Waals surface area contributed by atoms with Gasteiger partial charge in [0.1, 0.15) is 5.78 Å². The first-order valence-electron chi connectivity index (χ1n) is 12.9. The van der Waals surface area contributed by atoms with Crippen LogP contribution in [0.4, 0.5) is 0 Å². The molecule has 0 bridgehead atoms. The van der Waals surface area contributed by atoms with Gasteiger partial charge in [-0.25, -0.2) is 4.98 Å². The van der Waals surface area contributed by atoms with E-state index in [1.165, 1.54) is 11.3 Å². The molecule has 2 atom stereocenters. The number of likely N-dealkylation sites (N-methyl/N-ethyl adjacent to an activating group) is 1. The normalized spacial score (nSPS) is 15.8. The predicted molar refractivity (Wildman–Crippen MR) is 148 cm³/mol. The molecular weight excluding hydrogens is 494 g/mol. The highest BCUT2D eigenvalue weighted by molar-refractivity contribution is 7.18. The Hall–Kier alpha value is -2.09. The fraction of sp³-hybridized carbons (Fsp3) is 0.571. The fourth-order valence-corrected chi connectivity index (χ4v) is 6.26. The van der Waals surface area contributed by atoms with Crippen molar-refractivity contribution in [3.05, 3.63) is 40.4 Å². The molecule has 1 aliphatic rings. The highest BCUT2D eigenvalue weighted by atomic mass is 35.5. The third kappa shape index (κ3) is 8.22. The van der Waals surface area contributed by atoms with E-state index >= 15 is 0 Å². The number of rotatable bonds is 14. The lowest BCUT2D eigenvalue weighted by Crippen LogP contribution is -2.44. The average Bonchev–Trinajstić information content (AvgIpc) is 3.50. The lowest BCUT2D eigenvalue weighted by atomic mass is 9.90. The first kappa shape index (κ1) is 28.5. The number of amides is 1. The maximum Gasteiger partial charge on any atom is 0.224 e. The minimum atomic E-state index is -0.489. The third-order valence-electron chi connectivity index (χ3n) is 6.94. The second kappa shape index (κ2) is 13.5. The van der Waals surface area contributed by atoms with Gasteiger partial charge in [0.15, 0.2) is 5.78 Å². The van der Waals surface area contributed by atoms with Crippen molar-refractivity contribution in [1.29, 1.82) is 0 Å². The van der Waals surface area contributed by atoms with Crippen LogP contribution in [0.15, 0.2) is 30.4 Å². The molecule has 0 spiro atoms. The summed E-state index contributed by atoms with van der Waals surface area (Å²) >= 11 is 7.64. The van der Waals surface area contributed by atoms with Crippen molar-refractivity contribution >= 4 is 50.6 Å². The zero-order valence-corrected chi connectivity index (χ0v) is 23.2. The van der Waals surface area contributed by atoms with Crippen LogP contribution >= 0.6 is 22.9 Å². The maximum absolute atomic E-state index is 13.5. The molecule has 1 saturated carbocycles. The number of nitrogens with zero attached hydrogens (tertiary/aromatic N) is 2. The van der Waals surface area contributed by atoms with Crippen molar-refractivity contribution in [3.8, 4) is 0 Å². The number of ketones is 2. The Kier molecular flexibility index (Phi) is 10.6. The molecule has 1 amide bonds. The lowest BCUT2D eigenvalue weighted by Gasteiger charge is -2.27. The Labute approximate surface area is 223 Å². The smallest absolute Gasteiger partial charge is 0.224 e. The van der Waals surface area contributed by atoms with Gasteiger partial charge in [-0.1, -0.05) is 37.9 Å². The van der Waals surface area contributed by atoms with Crippen LogP contribution in [-0.2, 0) is 20.8 Å². The molecule has 0 aliphatic heterocycles. The number of halogens is 1. The molecule has 36 heavy (non-hydrogen) atoms. The number of aromatic nitrogens is 1. The molecule has 1 N–H and O–H groups in total. The van der Waals surface area contributed by atoms with Crippen LogP contribution in [0, 0.1) is 11.8 Å². The van der Waals surface area contributed by atoms with Gasteiger partial charge >= 0.3 is 0 Å². The first-order valence-corrected chi connectivity index (χ1v) is 14.1. The first-order chi connectivity index (χ1) is 17.2. The van der Waals surface area contributed by atoms with Crippen LogP contribution in [0.2, 0.25) is 5.02 Å². The topological polar surface area (TPSA) is 79.4 Å². The van der Waals surface area contributed by atoms with Crippen LogP contribution < -0.4 is 5.32 Å². The number of benzene rings is 1. The number of hydrogen-bond donors (Lipinski definition) is 1. The van der Waals surface area contributed by atoms with Crippen LogP contribution in [0.25, 0.3) is 10.2 Å². The van der Waals surface area contributed by atoms with E-state index in [4.69, 9.17) is 11.6 Å². The number of carbonyl (C=O) groups is 3. The molecular formula is C28H38ClN3O3S. The molecule has 1 aromatic heterocycles. The zero-order chi connectivity index (χ0) is 26.2. The van der Waals surface area contributed by atoms with E-state index in [2.05, 4.69) is 16.9 Å². The Balaban J connectivity index is 1.72. The summed E-state index contributed by atoms with van der Waals surface area (Å²) < 4.78 is 0.971. The molecule has 8 heteroatoms. The summed E-state index contributed by atoms with van der Waals surface area (Å²) in [6.45, 7) is 6.30. The van der Waals surface area contributed by atoms with E-state index in [-0.39, 0.29) is 29.9 Å². The van der Waals surface area contributed by atoms with Gasteiger partial charge in [0, 0.05) is 48.9 Å². The third-order valence-corrected chi connectivity index (χ3v) is 8.21. The molecule has 1 fully saturated rings. The predicted octanol–water partition coefficient (Wildman–Crippen LogP) is 5.62. The van der Waals surface area contributed by atoms with Gasteiger partial charge < -0.3 is 10.2 Å². The van der Waals surface area contributed by atoms with E-state index in [1.807, 2.05) is 38.1 Å². The van der Waals surface area contributed by atoms with Gasteiger partial charge in [-0.3, -0.25) is 14.4 Å². The van der Waals surface area contributed by atoms with Crippen molar-refractivity contribution in [1.82, 2.24) is 15.2 Å². The number of Topliss-reactive ketones (excluding diaryl/α,β-unsaturated/α-hetero) is 2. The van der Waals surface area contributed by atoms with Gasteiger partial charge in [-0.05, 0) is 57.5 Å². The van der Waals surface area contributed by atoms with Gasteiger partial charge in [0.05, 0.1) is 21.1 Å². The largest absolute Gasteiger partial charge is 0.353 e. The number of nitrogens with one attached hydrogen (secondary N) is 1. The maximum atomic E-state index is 13.5. The highest BCUT2D eigenvalue weighted by Gasteiger charge is 2.31. The Morgan fingerprint density at radius 3 is 2.64 bits per heavy atom. The molecule has 196 valence electrons. The van der Waals surface area contributed by atoms with Crippen molar-refractivity contribution in [2.24, 2.45) is 11.8 Å². The highest BCUT2D eigenvalue weighted by Crippen LogP contribution is 2.31. The Morgan fingerprint density at radius 1 is 1.25 bits per heavy atom. The summed E-state index contributed by atoms with van der Waals surface area (Å²) in [5.74, 6) is -0.142. The molecule has 1 heterocycles. The van der Waals surface area contributed by atoms with Gasteiger partial charge in [-0.15, -0.1) is 11.3 Å². The molecule has 0 radical (unpaired) electrons. The molecule has 3 rings (SSSR count). The zero-order valence-electron chi connectivity index (χ0n) is 21.6. The molecule has 1 aromatic carbocycles. The molecule has 0 unspecified atom stereocenters. The van der Waals surface area contributed by atoms with Crippen molar-refractivity contribution in [2.45, 2.75) is 70.8 Å². The van der Waals surface area contributed by atoms with Gasteiger partial charge in [-0.2, -0.15) is 0 Å². The van der Waals surface area contributed by atoms with Crippen LogP contribution in [0.1, 0.15) is 63.3 Å². The standard InChI is InChI=1S/C28H38ClN3O3S/c1-5-22(33)14-20(15-27-30-24-11-10-21(29)16-26(24)36-27)28(35)31-23(19-8-6-7-9-19)12-13-25(34)18(2)17-32(3)4/h10-11,16,19-20,23H,2,5-9,12-15,17H2,1,3-4H3,(H,31,35)/t20-,23+/m0/s1. The van der Waals surface area contributed by atoms with Crippen LogP contribution in [0.3, 0.4) is 0 Å². The second-order valence-electron chi connectivity index (χ2n) is 10.2. The second-order valence-corrected chi connectivity index (χ2v) is 11.7. The molecule has 1 aliphatic carbocycles. The number of thiazole rings is 1. The van der Waals surface area contributed by atoms with E-state index in [1.54, 1.807) is 6.07 Å². The molecule has 0 saturated heterocycles. The van der Waals surface area contributed by atoms with E-state index in [0.717, 1.165) is 40.9 Å². The van der Waals surface area contributed by atoms with Crippen molar-refractivity contribution < 1.29 is 14.4 Å². The summed E-state index contributed by atoms with van der Waals surface area (Å²) in [7, 11) is 3.83. The van der Waals surface area contributed by atoms with Crippen LogP contribution in [-0.4, -0.2) is 54.0 Å². The van der Waals surface area contributed by atoms with Crippen molar-refractivity contribution in [2.75, 3.05) is 20.6 Å². The SMILES string of the molecule is C=C(CN(C)C)C(=O)CC[C@@H](NC(=O)[C@@H](CC(=O)CC)Cc1nc2ccc(Cl)cc2s1)C1CCCC1.